The average Bonchev–Trinajstić information content (AvgIpc) is 2.91. The number of allylic oxidation sites excluding steroid dienone is 1. The minimum absolute atomic E-state index is 0.0910. The smallest absolute Gasteiger partial charge is 0.223 e. The summed E-state index contributed by atoms with van der Waals surface area (Å²) in [4.78, 5) is 20.5. The average molecular weight is 287 g/mol. The molecule has 2 aliphatic carbocycles. The van der Waals surface area contributed by atoms with Crippen molar-refractivity contribution >= 4 is 5.91 Å². The number of aryl methyl sites for hydroxylation is 1. The van der Waals surface area contributed by atoms with Gasteiger partial charge in [-0.3, -0.25) is 4.79 Å². The quantitative estimate of drug-likeness (QED) is 0.840. The fraction of sp³-hybridized carbons (Fsp3) is 0.647. The molecule has 4 heteroatoms. The second-order valence-electron chi connectivity index (χ2n) is 6.62. The maximum absolute atomic E-state index is 12.4. The number of H-pyrrole nitrogens is 1. The lowest BCUT2D eigenvalue weighted by atomic mass is 9.88. The van der Waals surface area contributed by atoms with Gasteiger partial charge in [-0.2, -0.15) is 0 Å². The van der Waals surface area contributed by atoms with Crippen LogP contribution in [0, 0.1) is 5.92 Å². The number of aromatic nitrogens is 2. The van der Waals surface area contributed by atoms with Crippen molar-refractivity contribution in [3.05, 3.63) is 29.4 Å². The molecule has 0 bridgehead atoms. The summed E-state index contributed by atoms with van der Waals surface area (Å²) in [5.74, 6) is 1.76. The van der Waals surface area contributed by atoms with E-state index in [1.165, 1.54) is 17.8 Å². The Balaban J connectivity index is 1.63. The molecule has 0 fully saturated rings. The van der Waals surface area contributed by atoms with Crippen molar-refractivity contribution in [1.29, 1.82) is 0 Å². The number of carbonyl (C=O) groups excluding carboxylic acids is 1. The molecule has 2 atom stereocenters. The molecular formula is C17H25N3O. The second kappa shape index (κ2) is 6.04. The van der Waals surface area contributed by atoms with E-state index in [1.54, 1.807) is 0 Å². The van der Waals surface area contributed by atoms with Gasteiger partial charge in [-0.05, 0) is 32.1 Å². The Morgan fingerprint density at radius 1 is 1.43 bits per heavy atom. The van der Waals surface area contributed by atoms with Crippen LogP contribution >= 0.6 is 0 Å². The molecule has 2 N–H and O–H groups in total. The van der Waals surface area contributed by atoms with Gasteiger partial charge in [0.15, 0.2) is 0 Å². The van der Waals surface area contributed by atoms with Gasteiger partial charge in [0, 0.05) is 30.0 Å². The number of fused-ring (bicyclic) bond motifs is 1. The van der Waals surface area contributed by atoms with Crippen molar-refractivity contribution in [2.75, 3.05) is 0 Å². The normalized spacial score (nSPS) is 24.9. The third-order valence-corrected chi connectivity index (χ3v) is 4.56. The Morgan fingerprint density at radius 3 is 3.00 bits per heavy atom. The molecule has 1 amide bonds. The summed E-state index contributed by atoms with van der Waals surface area (Å²) in [5, 5.41) is 3.19. The Kier molecular flexibility index (Phi) is 4.13. The lowest BCUT2D eigenvalue weighted by Crippen LogP contribution is -2.40. The topological polar surface area (TPSA) is 57.8 Å². The number of hydrogen-bond donors (Lipinski definition) is 2. The predicted octanol–water partition coefficient (Wildman–Crippen LogP) is 2.86. The first-order valence-corrected chi connectivity index (χ1v) is 8.18. The summed E-state index contributed by atoms with van der Waals surface area (Å²) in [6.07, 6.45) is 10.3. The summed E-state index contributed by atoms with van der Waals surface area (Å²) in [6.45, 7) is 4.29. The molecule has 21 heavy (non-hydrogen) atoms. The van der Waals surface area contributed by atoms with E-state index in [2.05, 4.69) is 41.3 Å². The zero-order chi connectivity index (χ0) is 14.8. The fourth-order valence-corrected chi connectivity index (χ4v) is 3.23. The predicted molar refractivity (Wildman–Crippen MR) is 83.1 cm³/mol. The maximum Gasteiger partial charge on any atom is 0.223 e. The molecule has 1 aromatic rings. The molecule has 0 aromatic carbocycles. The van der Waals surface area contributed by atoms with Gasteiger partial charge in [0.1, 0.15) is 5.82 Å². The van der Waals surface area contributed by atoms with Gasteiger partial charge in [0.25, 0.3) is 0 Å². The highest BCUT2D eigenvalue weighted by Gasteiger charge is 2.28. The third-order valence-electron chi connectivity index (χ3n) is 4.56. The van der Waals surface area contributed by atoms with E-state index < -0.39 is 0 Å². The van der Waals surface area contributed by atoms with Gasteiger partial charge in [0.05, 0.1) is 5.69 Å². The highest BCUT2D eigenvalue weighted by Crippen LogP contribution is 2.26. The van der Waals surface area contributed by atoms with E-state index in [-0.39, 0.29) is 17.9 Å². The molecule has 0 saturated carbocycles. The number of aromatic amines is 1. The van der Waals surface area contributed by atoms with Gasteiger partial charge in [0.2, 0.25) is 5.91 Å². The Labute approximate surface area is 126 Å². The van der Waals surface area contributed by atoms with E-state index in [0.29, 0.717) is 5.92 Å². The summed E-state index contributed by atoms with van der Waals surface area (Å²) in [5.41, 5.74) is 2.34. The zero-order valence-electron chi connectivity index (χ0n) is 13.0. The molecule has 0 aliphatic heterocycles. The molecule has 0 radical (unpaired) electrons. The standard InChI is InChI=1S/C17H25N3O/c1-11(2)16-19-14-9-8-12(10-15(14)20-16)17(21)18-13-6-4-3-5-7-13/h4,6,11-13H,3,5,7-10H2,1-2H3,(H,18,21)(H,19,20)/t12-,13-/m0/s1. The second-order valence-corrected chi connectivity index (χ2v) is 6.62. The van der Waals surface area contributed by atoms with E-state index in [4.69, 9.17) is 0 Å². The number of hydrogen-bond acceptors (Lipinski definition) is 2. The van der Waals surface area contributed by atoms with Crippen LogP contribution in [0.1, 0.15) is 62.7 Å². The van der Waals surface area contributed by atoms with Crippen LogP contribution in [0.3, 0.4) is 0 Å². The molecule has 0 spiro atoms. The van der Waals surface area contributed by atoms with E-state index in [1.807, 2.05) is 0 Å². The molecule has 114 valence electrons. The Hall–Kier alpha value is -1.58. The van der Waals surface area contributed by atoms with Crippen LogP contribution in [0.2, 0.25) is 0 Å². The molecule has 1 heterocycles. The van der Waals surface area contributed by atoms with E-state index in [0.717, 1.165) is 37.9 Å². The van der Waals surface area contributed by atoms with Gasteiger partial charge < -0.3 is 10.3 Å². The van der Waals surface area contributed by atoms with Crippen molar-refractivity contribution in [2.45, 2.75) is 64.3 Å². The Morgan fingerprint density at radius 2 is 2.29 bits per heavy atom. The van der Waals surface area contributed by atoms with E-state index in [9.17, 15) is 4.79 Å². The number of carbonyl (C=O) groups is 1. The van der Waals surface area contributed by atoms with Crippen molar-refractivity contribution in [2.24, 2.45) is 5.92 Å². The van der Waals surface area contributed by atoms with Crippen LogP contribution in [0.25, 0.3) is 0 Å². The van der Waals surface area contributed by atoms with Crippen LogP contribution < -0.4 is 5.32 Å². The van der Waals surface area contributed by atoms with Crippen LogP contribution in [0.4, 0.5) is 0 Å². The minimum Gasteiger partial charge on any atom is -0.350 e. The van der Waals surface area contributed by atoms with Gasteiger partial charge in [-0.25, -0.2) is 4.98 Å². The SMILES string of the molecule is CC(C)c1nc2c([nH]1)C[C@@H](C(=O)N[C@H]1C=CCCC1)CC2. The Bertz CT molecular complexity index is 544. The molecule has 0 unspecified atom stereocenters. The molecule has 2 aliphatic rings. The lowest BCUT2D eigenvalue weighted by Gasteiger charge is -2.24. The van der Waals surface area contributed by atoms with Crippen LogP contribution in [-0.4, -0.2) is 21.9 Å². The van der Waals surface area contributed by atoms with Crippen molar-refractivity contribution in [3.63, 3.8) is 0 Å². The molecule has 0 saturated heterocycles. The first kappa shape index (κ1) is 14.4. The van der Waals surface area contributed by atoms with Crippen LogP contribution in [-0.2, 0) is 17.6 Å². The van der Waals surface area contributed by atoms with Crippen LogP contribution in [0.15, 0.2) is 12.2 Å². The largest absolute Gasteiger partial charge is 0.350 e. The van der Waals surface area contributed by atoms with Gasteiger partial charge in [-0.15, -0.1) is 0 Å². The fourth-order valence-electron chi connectivity index (χ4n) is 3.23. The molecular weight excluding hydrogens is 262 g/mol. The number of imidazole rings is 1. The minimum atomic E-state index is 0.0910. The highest BCUT2D eigenvalue weighted by molar-refractivity contribution is 5.79. The number of rotatable bonds is 3. The summed E-state index contributed by atoms with van der Waals surface area (Å²) >= 11 is 0. The monoisotopic (exact) mass is 287 g/mol. The van der Waals surface area contributed by atoms with Crippen molar-refractivity contribution < 1.29 is 4.79 Å². The lowest BCUT2D eigenvalue weighted by molar-refractivity contribution is -0.125. The van der Waals surface area contributed by atoms with Gasteiger partial charge in [-0.1, -0.05) is 26.0 Å². The molecule has 4 nitrogen and oxygen atoms in total. The number of nitrogens with one attached hydrogen (secondary N) is 2. The first-order chi connectivity index (χ1) is 10.1. The third kappa shape index (κ3) is 3.20. The molecule has 3 rings (SSSR count). The maximum atomic E-state index is 12.4. The highest BCUT2D eigenvalue weighted by atomic mass is 16.1. The van der Waals surface area contributed by atoms with Crippen LogP contribution in [0.5, 0.6) is 0 Å². The number of nitrogens with zero attached hydrogens (tertiary/aromatic N) is 1. The van der Waals surface area contributed by atoms with Gasteiger partial charge >= 0.3 is 0 Å². The van der Waals surface area contributed by atoms with Crippen molar-refractivity contribution in [1.82, 2.24) is 15.3 Å². The van der Waals surface area contributed by atoms with E-state index >= 15 is 0 Å². The molecule has 1 aromatic heterocycles. The first-order valence-electron chi connectivity index (χ1n) is 8.18. The number of amides is 1. The summed E-state index contributed by atoms with van der Waals surface area (Å²) < 4.78 is 0. The summed E-state index contributed by atoms with van der Waals surface area (Å²) in [6, 6.07) is 0.237. The zero-order valence-corrected chi connectivity index (χ0v) is 13.0. The summed E-state index contributed by atoms with van der Waals surface area (Å²) in [7, 11) is 0. The van der Waals surface area contributed by atoms with Crippen molar-refractivity contribution in [3.8, 4) is 0 Å².